The summed E-state index contributed by atoms with van der Waals surface area (Å²) in [7, 11) is 3.61. The molecule has 0 saturated carbocycles. The van der Waals surface area contributed by atoms with Crippen LogP contribution in [0.15, 0.2) is 34.7 Å². The molecule has 0 radical (unpaired) electrons. The average Bonchev–Trinajstić information content (AvgIpc) is 3.29. The number of carbonyl (C=O) groups is 2. The molecular formula is C23H31N3O3. The summed E-state index contributed by atoms with van der Waals surface area (Å²) in [5.41, 5.74) is 2.38. The maximum Gasteiger partial charge on any atom is 0.255 e. The van der Waals surface area contributed by atoms with Crippen LogP contribution in [0.5, 0.6) is 0 Å². The van der Waals surface area contributed by atoms with Crippen LogP contribution in [0.4, 0.5) is 0 Å². The molecule has 1 saturated heterocycles. The number of nitrogens with one attached hydrogen (secondary N) is 1. The maximum absolute atomic E-state index is 12.9. The Bertz CT molecular complexity index is 858. The Hall–Kier alpha value is -2.60. The summed E-state index contributed by atoms with van der Waals surface area (Å²) in [6, 6.07) is 9.69. The van der Waals surface area contributed by atoms with Gasteiger partial charge < -0.3 is 14.6 Å². The lowest BCUT2D eigenvalue weighted by Crippen LogP contribution is -2.43. The van der Waals surface area contributed by atoms with Gasteiger partial charge in [0.1, 0.15) is 11.5 Å². The molecule has 2 heterocycles. The van der Waals surface area contributed by atoms with Crippen molar-refractivity contribution in [3.8, 4) is 11.3 Å². The number of hydrogen-bond acceptors (Lipinski definition) is 4. The first-order valence-corrected chi connectivity index (χ1v) is 10.3. The molecule has 156 valence electrons. The van der Waals surface area contributed by atoms with E-state index in [0.29, 0.717) is 17.9 Å². The van der Waals surface area contributed by atoms with Crippen LogP contribution in [-0.2, 0) is 4.79 Å². The van der Waals surface area contributed by atoms with Crippen molar-refractivity contribution in [2.24, 2.45) is 0 Å². The van der Waals surface area contributed by atoms with Gasteiger partial charge in [-0.05, 0) is 39.7 Å². The van der Waals surface area contributed by atoms with Gasteiger partial charge in [-0.3, -0.25) is 14.5 Å². The number of benzene rings is 1. The van der Waals surface area contributed by atoms with Gasteiger partial charge in [-0.15, -0.1) is 0 Å². The van der Waals surface area contributed by atoms with Crippen molar-refractivity contribution < 1.29 is 14.0 Å². The molecule has 1 aromatic carbocycles. The van der Waals surface area contributed by atoms with Gasteiger partial charge in [0.2, 0.25) is 5.91 Å². The van der Waals surface area contributed by atoms with Crippen molar-refractivity contribution in [1.29, 1.82) is 0 Å². The van der Waals surface area contributed by atoms with Gasteiger partial charge >= 0.3 is 0 Å². The number of aryl methyl sites for hydroxylation is 1. The largest absolute Gasteiger partial charge is 0.460 e. The van der Waals surface area contributed by atoms with Gasteiger partial charge in [-0.2, -0.15) is 0 Å². The summed E-state index contributed by atoms with van der Waals surface area (Å²) in [6.45, 7) is 6.11. The fourth-order valence-corrected chi connectivity index (χ4v) is 3.94. The third-order valence-corrected chi connectivity index (χ3v) is 5.65. The highest BCUT2D eigenvalue weighted by Crippen LogP contribution is 2.30. The molecule has 0 unspecified atom stereocenters. The molecule has 0 spiro atoms. The minimum atomic E-state index is -0.111. The summed E-state index contributed by atoms with van der Waals surface area (Å²) in [6.07, 6.45) is 2.77. The van der Waals surface area contributed by atoms with Gasteiger partial charge in [0.05, 0.1) is 11.6 Å². The summed E-state index contributed by atoms with van der Waals surface area (Å²) < 4.78 is 5.89. The molecule has 1 aromatic heterocycles. The van der Waals surface area contributed by atoms with Crippen LogP contribution in [0, 0.1) is 13.8 Å². The second kappa shape index (κ2) is 9.27. The van der Waals surface area contributed by atoms with Gasteiger partial charge in [0.25, 0.3) is 5.91 Å². The molecule has 2 aromatic rings. The molecule has 1 fully saturated rings. The van der Waals surface area contributed by atoms with Crippen molar-refractivity contribution in [1.82, 2.24) is 15.1 Å². The standard InChI is InChI=1S/C23H31N3O3/c1-16-17(2)29-21(18-10-6-5-7-11-18)20(16)22(27)24-13-9-15-26-14-8-12-19(26)23(28)25(3)4/h5-7,10-11,19H,8-9,12-15H2,1-4H3,(H,24,27)/t19-/m1/s1. The highest BCUT2D eigenvalue weighted by molar-refractivity contribution is 6.01. The summed E-state index contributed by atoms with van der Waals surface area (Å²) in [5.74, 6) is 1.44. The van der Waals surface area contributed by atoms with E-state index in [1.165, 1.54) is 0 Å². The van der Waals surface area contributed by atoms with Crippen LogP contribution in [0.1, 0.15) is 40.9 Å². The van der Waals surface area contributed by atoms with E-state index in [4.69, 9.17) is 4.42 Å². The normalized spacial score (nSPS) is 16.8. The van der Waals surface area contributed by atoms with Crippen LogP contribution < -0.4 is 5.32 Å². The maximum atomic E-state index is 12.9. The predicted octanol–water partition coefficient (Wildman–Crippen LogP) is 3.24. The van der Waals surface area contributed by atoms with E-state index in [2.05, 4.69) is 10.2 Å². The van der Waals surface area contributed by atoms with E-state index in [1.54, 1.807) is 19.0 Å². The van der Waals surface area contributed by atoms with Crippen molar-refractivity contribution in [2.75, 3.05) is 33.7 Å². The second-order valence-corrected chi connectivity index (χ2v) is 7.89. The first kappa shape index (κ1) is 21.1. The Kier molecular flexibility index (Phi) is 6.75. The predicted molar refractivity (Wildman–Crippen MR) is 114 cm³/mol. The monoisotopic (exact) mass is 397 g/mol. The van der Waals surface area contributed by atoms with Crippen LogP contribution in [0.3, 0.4) is 0 Å². The zero-order chi connectivity index (χ0) is 21.0. The Labute approximate surface area is 172 Å². The summed E-state index contributed by atoms with van der Waals surface area (Å²) in [5, 5.41) is 3.03. The Morgan fingerprint density at radius 3 is 2.62 bits per heavy atom. The Morgan fingerprint density at radius 2 is 1.93 bits per heavy atom. The van der Waals surface area contributed by atoms with Crippen molar-refractivity contribution in [3.05, 3.63) is 47.2 Å². The number of furan rings is 1. The second-order valence-electron chi connectivity index (χ2n) is 7.89. The number of nitrogens with zero attached hydrogens (tertiary/aromatic N) is 2. The molecule has 2 amide bonds. The first-order chi connectivity index (χ1) is 13.9. The molecule has 1 N–H and O–H groups in total. The Balaban J connectivity index is 1.59. The fourth-order valence-electron chi connectivity index (χ4n) is 3.94. The molecular weight excluding hydrogens is 366 g/mol. The van der Waals surface area contributed by atoms with Crippen LogP contribution in [-0.4, -0.2) is 61.4 Å². The number of likely N-dealkylation sites (N-methyl/N-ethyl adjacent to an activating group) is 1. The third-order valence-electron chi connectivity index (χ3n) is 5.65. The Morgan fingerprint density at radius 1 is 1.21 bits per heavy atom. The summed E-state index contributed by atoms with van der Waals surface area (Å²) in [4.78, 5) is 29.1. The number of hydrogen-bond donors (Lipinski definition) is 1. The molecule has 6 heteroatoms. The lowest BCUT2D eigenvalue weighted by molar-refractivity contribution is -0.133. The van der Waals surface area contributed by atoms with Gasteiger partial charge in [0.15, 0.2) is 0 Å². The van der Waals surface area contributed by atoms with E-state index in [1.807, 2.05) is 44.2 Å². The fraction of sp³-hybridized carbons (Fsp3) is 0.478. The zero-order valence-electron chi connectivity index (χ0n) is 17.8. The minimum absolute atomic E-state index is 0.0239. The highest BCUT2D eigenvalue weighted by Gasteiger charge is 2.31. The molecule has 3 rings (SSSR count). The first-order valence-electron chi connectivity index (χ1n) is 10.3. The molecule has 6 nitrogen and oxygen atoms in total. The van der Waals surface area contributed by atoms with Gasteiger partial charge in [-0.25, -0.2) is 0 Å². The smallest absolute Gasteiger partial charge is 0.255 e. The van der Waals surface area contributed by atoms with E-state index in [-0.39, 0.29) is 17.9 Å². The minimum Gasteiger partial charge on any atom is -0.460 e. The quantitative estimate of drug-likeness (QED) is 0.729. The van der Waals surface area contributed by atoms with Crippen LogP contribution in [0.2, 0.25) is 0 Å². The topological polar surface area (TPSA) is 65.8 Å². The molecule has 29 heavy (non-hydrogen) atoms. The number of carbonyl (C=O) groups excluding carboxylic acids is 2. The highest BCUT2D eigenvalue weighted by atomic mass is 16.3. The van der Waals surface area contributed by atoms with Gasteiger partial charge in [-0.1, -0.05) is 30.3 Å². The van der Waals surface area contributed by atoms with E-state index in [9.17, 15) is 9.59 Å². The number of rotatable bonds is 7. The molecule has 1 aliphatic heterocycles. The molecule has 1 aliphatic rings. The van der Waals surface area contributed by atoms with E-state index in [0.717, 1.165) is 49.2 Å². The van der Waals surface area contributed by atoms with Gasteiger partial charge in [0, 0.05) is 38.3 Å². The number of amides is 2. The van der Waals surface area contributed by atoms with Crippen LogP contribution in [0.25, 0.3) is 11.3 Å². The third kappa shape index (κ3) is 4.70. The molecule has 1 atom stereocenters. The summed E-state index contributed by atoms with van der Waals surface area (Å²) >= 11 is 0. The zero-order valence-corrected chi connectivity index (χ0v) is 17.8. The van der Waals surface area contributed by atoms with Crippen LogP contribution >= 0.6 is 0 Å². The lowest BCUT2D eigenvalue weighted by atomic mass is 10.0. The average molecular weight is 398 g/mol. The van der Waals surface area contributed by atoms with E-state index >= 15 is 0 Å². The van der Waals surface area contributed by atoms with Crippen molar-refractivity contribution in [2.45, 2.75) is 39.2 Å². The SMILES string of the molecule is Cc1oc(-c2ccccc2)c(C(=O)NCCCN2CCC[C@@H]2C(=O)N(C)C)c1C. The number of likely N-dealkylation sites (tertiary alicyclic amines) is 1. The van der Waals surface area contributed by atoms with Crippen molar-refractivity contribution in [3.63, 3.8) is 0 Å². The van der Waals surface area contributed by atoms with E-state index < -0.39 is 0 Å². The molecule has 0 bridgehead atoms. The lowest BCUT2D eigenvalue weighted by Gasteiger charge is -2.26. The molecule has 0 aliphatic carbocycles. The van der Waals surface area contributed by atoms with Crippen molar-refractivity contribution >= 4 is 11.8 Å².